The van der Waals surface area contributed by atoms with Crippen LogP contribution in [0.25, 0.3) is 28.6 Å². The lowest BCUT2D eigenvalue weighted by molar-refractivity contribution is -0.136. The Morgan fingerprint density at radius 1 is 1.12 bits per heavy atom. The van der Waals surface area contributed by atoms with Crippen molar-refractivity contribution in [3.8, 4) is 11.5 Å². The minimum Gasteiger partial charge on any atom is -0.481 e. The van der Waals surface area contributed by atoms with Crippen LogP contribution in [0.2, 0.25) is 5.02 Å². The molecule has 1 aromatic heterocycles. The molecule has 0 fully saturated rings. The summed E-state index contributed by atoms with van der Waals surface area (Å²) in [5.41, 5.74) is 3.17. The molecular weight excluding hydrogens is 435 g/mol. The maximum absolute atomic E-state index is 13.8. The summed E-state index contributed by atoms with van der Waals surface area (Å²) in [6.07, 6.45) is 2.77. The standard InChI is InChI=1S/C24H16ClFN2O4/c25-17-2-1-3-18(26)23(17)28-21(29)11-7-14-4-8-16(9-5-14)24-27-19-12-15(13-22(30)31)6-10-20(19)32-24/h1-12H,13H2,(H,28,29)(H,30,31)/b11-7+. The number of nitrogens with one attached hydrogen (secondary N) is 1. The number of halogens is 2. The number of carbonyl (C=O) groups is 2. The number of aliphatic carboxylic acids is 1. The van der Waals surface area contributed by atoms with Gasteiger partial charge in [-0.3, -0.25) is 9.59 Å². The number of anilines is 1. The van der Waals surface area contributed by atoms with Gasteiger partial charge in [-0.2, -0.15) is 0 Å². The molecule has 0 saturated heterocycles. The van der Waals surface area contributed by atoms with Gasteiger partial charge in [0.05, 0.1) is 17.1 Å². The van der Waals surface area contributed by atoms with Crippen LogP contribution in [-0.2, 0) is 16.0 Å². The maximum atomic E-state index is 13.8. The minimum absolute atomic E-state index is 0.0679. The summed E-state index contributed by atoms with van der Waals surface area (Å²) in [4.78, 5) is 27.4. The van der Waals surface area contributed by atoms with E-state index in [-0.39, 0.29) is 17.1 Å². The molecule has 160 valence electrons. The largest absolute Gasteiger partial charge is 0.481 e. The number of benzene rings is 3. The molecule has 6 nitrogen and oxygen atoms in total. The summed E-state index contributed by atoms with van der Waals surface area (Å²) in [6.45, 7) is 0. The van der Waals surface area contributed by atoms with Gasteiger partial charge in [0.1, 0.15) is 11.3 Å². The van der Waals surface area contributed by atoms with Crippen LogP contribution < -0.4 is 5.32 Å². The van der Waals surface area contributed by atoms with E-state index in [2.05, 4.69) is 10.3 Å². The summed E-state index contributed by atoms with van der Waals surface area (Å²) < 4.78 is 19.5. The minimum atomic E-state index is -0.914. The second kappa shape index (κ2) is 9.03. The van der Waals surface area contributed by atoms with Gasteiger partial charge in [0, 0.05) is 11.6 Å². The van der Waals surface area contributed by atoms with Crippen LogP contribution in [0.15, 0.2) is 71.2 Å². The van der Waals surface area contributed by atoms with Crippen molar-refractivity contribution >= 4 is 46.3 Å². The molecule has 1 heterocycles. The number of hydrogen-bond acceptors (Lipinski definition) is 4. The Morgan fingerprint density at radius 2 is 1.91 bits per heavy atom. The molecule has 3 aromatic carbocycles. The Morgan fingerprint density at radius 3 is 2.62 bits per heavy atom. The molecule has 0 spiro atoms. The summed E-state index contributed by atoms with van der Waals surface area (Å²) in [5.74, 6) is -1.65. The van der Waals surface area contributed by atoms with Crippen molar-refractivity contribution in [1.82, 2.24) is 4.98 Å². The Kier molecular flexibility index (Phi) is 6.00. The third-order valence-electron chi connectivity index (χ3n) is 4.60. The maximum Gasteiger partial charge on any atom is 0.307 e. The number of carbonyl (C=O) groups excluding carboxylic acids is 1. The summed E-state index contributed by atoms with van der Waals surface area (Å²) in [5, 5.41) is 11.5. The van der Waals surface area contributed by atoms with E-state index in [1.165, 1.54) is 24.3 Å². The zero-order valence-corrected chi connectivity index (χ0v) is 17.3. The fourth-order valence-corrected chi connectivity index (χ4v) is 3.28. The highest BCUT2D eigenvalue weighted by molar-refractivity contribution is 6.33. The number of rotatable bonds is 6. The molecule has 8 heteroatoms. The number of amides is 1. The molecule has 2 N–H and O–H groups in total. The van der Waals surface area contributed by atoms with Gasteiger partial charge in [0.25, 0.3) is 0 Å². The first-order chi connectivity index (χ1) is 15.4. The van der Waals surface area contributed by atoms with Crippen molar-refractivity contribution in [3.63, 3.8) is 0 Å². The lowest BCUT2D eigenvalue weighted by Crippen LogP contribution is -2.09. The van der Waals surface area contributed by atoms with Crippen molar-refractivity contribution in [2.45, 2.75) is 6.42 Å². The smallest absolute Gasteiger partial charge is 0.307 e. The highest BCUT2D eigenvalue weighted by Crippen LogP contribution is 2.26. The molecule has 0 aliphatic rings. The first-order valence-electron chi connectivity index (χ1n) is 9.54. The van der Waals surface area contributed by atoms with Gasteiger partial charge < -0.3 is 14.8 Å². The monoisotopic (exact) mass is 450 g/mol. The lowest BCUT2D eigenvalue weighted by atomic mass is 10.1. The molecule has 0 radical (unpaired) electrons. The molecule has 0 bridgehead atoms. The number of nitrogens with zero attached hydrogens (tertiary/aromatic N) is 1. The third-order valence-corrected chi connectivity index (χ3v) is 4.92. The van der Waals surface area contributed by atoms with Crippen LogP contribution in [0, 0.1) is 5.82 Å². The summed E-state index contributed by atoms with van der Waals surface area (Å²) in [6, 6.07) is 16.4. The fourth-order valence-electron chi connectivity index (χ4n) is 3.07. The van der Waals surface area contributed by atoms with Crippen molar-refractivity contribution in [3.05, 3.63) is 88.7 Å². The molecule has 4 rings (SSSR count). The van der Waals surface area contributed by atoms with E-state index >= 15 is 0 Å². The predicted octanol–water partition coefficient (Wildman–Crippen LogP) is 5.57. The highest BCUT2D eigenvalue weighted by atomic mass is 35.5. The Balaban J connectivity index is 1.47. The van der Waals surface area contributed by atoms with E-state index in [0.29, 0.717) is 22.6 Å². The molecule has 32 heavy (non-hydrogen) atoms. The molecule has 0 unspecified atom stereocenters. The molecule has 4 aromatic rings. The van der Waals surface area contributed by atoms with Gasteiger partial charge in [-0.25, -0.2) is 9.37 Å². The molecule has 0 aliphatic carbocycles. The van der Waals surface area contributed by atoms with E-state index < -0.39 is 17.7 Å². The fraction of sp³-hybridized carbons (Fsp3) is 0.0417. The van der Waals surface area contributed by atoms with E-state index in [1.807, 2.05) is 0 Å². The highest BCUT2D eigenvalue weighted by Gasteiger charge is 2.11. The first kappa shape index (κ1) is 21.3. The summed E-state index contributed by atoms with van der Waals surface area (Å²) >= 11 is 5.91. The van der Waals surface area contributed by atoms with E-state index in [4.69, 9.17) is 21.1 Å². The van der Waals surface area contributed by atoms with Gasteiger partial charge in [0.2, 0.25) is 11.8 Å². The van der Waals surface area contributed by atoms with Crippen LogP contribution in [-0.4, -0.2) is 22.0 Å². The van der Waals surface area contributed by atoms with Crippen molar-refractivity contribution in [2.75, 3.05) is 5.32 Å². The van der Waals surface area contributed by atoms with Gasteiger partial charge in [0.15, 0.2) is 5.58 Å². The molecular formula is C24H16ClFN2O4. The zero-order chi connectivity index (χ0) is 22.7. The number of carboxylic acid groups (broad SMARTS) is 1. The van der Waals surface area contributed by atoms with Crippen molar-refractivity contribution in [1.29, 1.82) is 0 Å². The van der Waals surface area contributed by atoms with Crippen molar-refractivity contribution in [2.24, 2.45) is 0 Å². The number of para-hydroxylation sites is 1. The van der Waals surface area contributed by atoms with E-state index in [0.717, 1.165) is 11.1 Å². The van der Waals surface area contributed by atoms with Crippen LogP contribution in [0.4, 0.5) is 10.1 Å². The third kappa shape index (κ3) is 4.84. The van der Waals surface area contributed by atoms with Gasteiger partial charge in [-0.15, -0.1) is 0 Å². The average Bonchev–Trinajstić information content (AvgIpc) is 3.18. The second-order valence-electron chi connectivity index (χ2n) is 6.93. The lowest BCUT2D eigenvalue weighted by Gasteiger charge is -2.05. The SMILES string of the molecule is O=C(O)Cc1ccc2oc(-c3ccc(/C=C/C(=O)Nc4c(F)cccc4Cl)cc3)nc2c1. The Hall–Kier alpha value is -3.97. The molecule has 0 saturated carbocycles. The predicted molar refractivity (Wildman–Crippen MR) is 120 cm³/mol. The quantitative estimate of drug-likeness (QED) is 0.375. The Bertz CT molecular complexity index is 1330. The van der Waals surface area contributed by atoms with Crippen LogP contribution in [0.1, 0.15) is 11.1 Å². The molecule has 1 amide bonds. The number of carboxylic acids is 1. The zero-order valence-electron chi connectivity index (χ0n) is 16.5. The number of aromatic nitrogens is 1. The van der Waals surface area contributed by atoms with Crippen molar-refractivity contribution < 1.29 is 23.5 Å². The van der Waals surface area contributed by atoms with Crippen LogP contribution in [0.3, 0.4) is 0 Å². The molecule has 0 atom stereocenters. The average molecular weight is 451 g/mol. The normalized spacial score (nSPS) is 11.2. The van der Waals surface area contributed by atoms with E-state index in [9.17, 15) is 14.0 Å². The van der Waals surface area contributed by atoms with Gasteiger partial charge >= 0.3 is 5.97 Å². The van der Waals surface area contributed by atoms with Gasteiger partial charge in [-0.1, -0.05) is 35.9 Å². The summed E-state index contributed by atoms with van der Waals surface area (Å²) in [7, 11) is 0. The van der Waals surface area contributed by atoms with Gasteiger partial charge in [-0.05, 0) is 53.6 Å². The van der Waals surface area contributed by atoms with E-state index in [1.54, 1.807) is 48.5 Å². The van der Waals surface area contributed by atoms with Crippen LogP contribution >= 0.6 is 11.6 Å². The van der Waals surface area contributed by atoms with Crippen LogP contribution in [0.5, 0.6) is 0 Å². The number of oxazole rings is 1. The Labute approximate surface area is 187 Å². The second-order valence-corrected chi connectivity index (χ2v) is 7.34. The molecule has 0 aliphatic heterocycles. The topological polar surface area (TPSA) is 92.4 Å². The number of hydrogen-bond donors (Lipinski definition) is 2. The first-order valence-corrected chi connectivity index (χ1v) is 9.91. The number of fused-ring (bicyclic) bond motifs is 1.